The standard InChI is InChI=1S/C17H22N2O/c1-3-19(12-13(2)11-18)17(20)16-9-8-14-6-4-5-7-15(14)10-16/h4-7,13,16H,3,8-10,12H2,1-2H3. The molecule has 1 amide bonds. The van der Waals surface area contributed by atoms with E-state index in [2.05, 4.69) is 24.3 Å². The van der Waals surface area contributed by atoms with Crippen LogP contribution in [-0.2, 0) is 17.6 Å². The Morgan fingerprint density at radius 3 is 2.80 bits per heavy atom. The molecule has 0 fully saturated rings. The van der Waals surface area contributed by atoms with Crippen molar-refractivity contribution >= 4 is 5.91 Å². The van der Waals surface area contributed by atoms with Crippen LogP contribution in [0.1, 0.15) is 31.4 Å². The minimum Gasteiger partial charge on any atom is -0.341 e. The lowest BCUT2D eigenvalue weighted by Crippen LogP contribution is -2.40. The van der Waals surface area contributed by atoms with Crippen molar-refractivity contribution in [3.8, 4) is 6.07 Å². The predicted octanol–water partition coefficient (Wildman–Crippen LogP) is 2.80. The number of fused-ring (bicyclic) bond motifs is 1. The molecule has 20 heavy (non-hydrogen) atoms. The molecule has 0 saturated heterocycles. The van der Waals surface area contributed by atoms with Crippen LogP contribution in [0.2, 0.25) is 0 Å². The number of amides is 1. The van der Waals surface area contributed by atoms with Crippen molar-refractivity contribution in [1.82, 2.24) is 4.90 Å². The van der Waals surface area contributed by atoms with Gasteiger partial charge in [0.25, 0.3) is 0 Å². The molecule has 3 nitrogen and oxygen atoms in total. The number of carbonyl (C=O) groups excluding carboxylic acids is 1. The fourth-order valence-electron chi connectivity index (χ4n) is 2.91. The van der Waals surface area contributed by atoms with E-state index in [0.717, 1.165) is 19.3 Å². The van der Waals surface area contributed by atoms with Crippen molar-refractivity contribution in [2.45, 2.75) is 33.1 Å². The van der Waals surface area contributed by atoms with Crippen molar-refractivity contribution in [2.75, 3.05) is 13.1 Å². The maximum Gasteiger partial charge on any atom is 0.226 e. The van der Waals surface area contributed by atoms with Crippen LogP contribution in [0, 0.1) is 23.2 Å². The highest BCUT2D eigenvalue weighted by Gasteiger charge is 2.28. The zero-order valence-electron chi connectivity index (χ0n) is 12.3. The molecule has 1 aromatic rings. The highest BCUT2D eigenvalue weighted by atomic mass is 16.2. The first-order chi connectivity index (χ1) is 9.65. The normalized spacial score (nSPS) is 18.8. The monoisotopic (exact) mass is 270 g/mol. The number of nitriles is 1. The fraction of sp³-hybridized carbons (Fsp3) is 0.529. The maximum absolute atomic E-state index is 12.6. The van der Waals surface area contributed by atoms with Gasteiger partial charge in [0.2, 0.25) is 5.91 Å². The van der Waals surface area contributed by atoms with Crippen LogP contribution in [0.25, 0.3) is 0 Å². The van der Waals surface area contributed by atoms with Gasteiger partial charge in [-0.1, -0.05) is 24.3 Å². The van der Waals surface area contributed by atoms with Crippen molar-refractivity contribution in [3.63, 3.8) is 0 Å². The molecule has 2 rings (SSSR count). The van der Waals surface area contributed by atoms with Gasteiger partial charge >= 0.3 is 0 Å². The zero-order chi connectivity index (χ0) is 14.5. The summed E-state index contributed by atoms with van der Waals surface area (Å²) in [5.74, 6) is 0.189. The van der Waals surface area contributed by atoms with E-state index in [-0.39, 0.29) is 17.7 Å². The number of carbonyl (C=O) groups is 1. The molecule has 0 N–H and O–H groups in total. The Balaban J connectivity index is 2.05. The summed E-state index contributed by atoms with van der Waals surface area (Å²) in [6.07, 6.45) is 2.75. The smallest absolute Gasteiger partial charge is 0.226 e. The van der Waals surface area contributed by atoms with Gasteiger partial charge in [-0.15, -0.1) is 0 Å². The average molecular weight is 270 g/mol. The second kappa shape index (κ2) is 6.56. The van der Waals surface area contributed by atoms with Gasteiger partial charge in [-0.3, -0.25) is 4.79 Å². The van der Waals surface area contributed by atoms with Crippen LogP contribution in [-0.4, -0.2) is 23.9 Å². The summed E-state index contributed by atoms with van der Waals surface area (Å²) in [7, 11) is 0. The number of aryl methyl sites for hydroxylation is 1. The van der Waals surface area contributed by atoms with Crippen LogP contribution in [0.15, 0.2) is 24.3 Å². The second-order valence-corrected chi connectivity index (χ2v) is 5.62. The summed E-state index contributed by atoms with van der Waals surface area (Å²) in [6.45, 7) is 5.08. The minimum atomic E-state index is -0.102. The van der Waals surface area contributed by atoms with E-state index in [4.69, 9.17) is 5.26 Å². The molecule has 0 spiro atoms. The third kappa shape index (κ3) is 3.19. The molecule has 106 valence electrons. The largest absolute Gasteiger partial charge is 0.341 e. The molecule has 0 heterocycles. The highest BCUT2D eigenvalue weighted by Crippen LogP contribution is 2.26. The van der Waals surface area contributed by atoms with E-state index >= 15 is 0 Å². The molecule has 3 heteroatoms. The summed E-state index contributed by atoms with van der Waals surface area (Å²) >= 11 is 0. The third-order valence-electron chi connectivity index (χ3n) is 4.10. The van der Waals surface area contributed by atoms with Gasteiger partial charge in [-0.2, -0.15) is 5.26 Å². The molecule has 1 aliphatic carbocycles. The van der Waals surface area contributed by atoms with Gasteiger partial charge < -0.3 is 4.90 Å². The van der Waals surface area contributed by atoms with Gasteiger partial charge in [0.15, 0.2) is 0 Å². The quantitative estimate of drug-likeness (QED) is 0.844. The fourth-order valence-corrected chi connectivity index (χ4v) is 2.91. The number of benzene rings is 1. The molecule has 0 aliphatic heterocycles. The lowest BCUT2D eigenvalue weighted by Gasteiger charge is -2.30. The second-order valence-electron chi connectivity index (χ2n) is 5.62. The van der Waals surface area contributed by atoms with E-state index in [1.165, 1.54) is 11.1 Å². The van der Waals surface area contributed by atoms with E-state index in [0.29, 0.717) is 13.1 Å². The van der Waals surface area contributed by atoms with Gasteiger partial charge in [0.05, 0.1) is 12.0 Å². The van der Waals surface area contributed by atoms with E-state index < -0.39 is 0 Å². The molecule has 0 bridgehead atoms. The summed E-state index contributed by atoms with van der Waals surface area (Å²) in [4.78, 5) is 14.4. The highest BCUT2D eigenvalue weighted by molar-refractivity contribution is 5.79. The van der Waals surface area contributed by atoms with Crippen LogP contribution in [0.4, 0.5) is 0 Å². The molecular weight excluding hydrogens is 248 g/mol. The van der Waals surface area contributed by atoms with Gasteiger partial charge in [0, 0.05) is 19.0 Å². The minimum absolute atomic E-state index is 0.0794. The maximum atomic E-state index is 12.6. The lowest BCUT2D eigenvalue weighted by atomic mass is 9.83. The van der Waals surface area contributed by atoms with E-state index in [1.807, 2.05) is 24.8 Å². The van der Waals surface area contributed by atoms with Crippen LogP contribution < -0.4 is 0 Å². The Labute approximate surface area is 121 Å². The molecule has 0 aromatic heterocycles. The zero-order valence-corrected chi connectivity index (χ0v) is 12.3. The Kier molecular flexibility index (Phi) is 4.79. The molecule has 0 saturated carbocycles. The third-order valence-corrected chi connectivity index (χ3v) is 4.10. The summed E-state index contributed by atoms with van der Waals surface area (Å²) in [5, 5.41) is 8.91. The molecule has 1 aliphatic rings. The first-order valence-corrected chi connectivity index (χ1v) is 7.40. The van der Waals surface area contributed by atoms with Crippen molar-refractivity contribution in [2.24, 2.45) is 11.8 Å². The van der Waals surface area contributed by atoms with Crippen LogP contribution in [0.5, 0.6) is 0 Å². The first kappa shape index (κ1) is 14.6. The average Bonchev–Trinajstić information content (AvgIpc) is 2.51. The Morgan fingerprint density at radius 1 is 1.45 bits per heavy atom. The van der Waals surface area contributed by atoms with Crippen LogP contribution >= 0.6 is 0 Å². The van der Waals surface area contributed by atoms with Crippen molar-refractivity contribution in [3.05, 3.63) is 35.4 Å². The molecule has 2 atom stereocenters. The number of rotatable bonds is 4. The molecule has 2 unspecified atom stereocenters. The van der Waals surface area contributed by atoms with Crippen LogP contribution in [0.3, 0.4) is 0 Å². The Morgan fingerprint density at radius 2 is 2.15 bits per heavy atom. The number of hydrogen-bond acceptors (Lipinski definition) is 2. The first-order valence-electron chi connectivity index (χ1n) is 7.40. The van der Waals surface area contributed by atoms with Crippen molar-refractivity contribution < 1.29 is 4.79 Å². The lowest BCUT2D eigenvalue weighted by molar-refractivity contribution is -0.136. The Bertz CT molecular complexity index is 518. The SMILES string of the molecule is CCN(CC(C)C#N)C(=O)C1CCc2ccccc2C1. The molecule has 0 radical (unpaired) electrons. The van der Waals surface area contributed by atoms with Gasteiger partial charge in [-0.05, 0) is 44.2 Å². The summed E-state index contributed by atoms with van der Waals surface area (Å²) in [5.41, 5.74) is 2.69. The van der Waals surface area contributed by atoms with E-state index in [9.17, 15) is 4.79 Å². The van der Waals surface area contributed by atoms with Crippen molar-refractivity contribution in [1.29, 1.82) is 5.26 Å². The topological polar surface area (TPSA) is 44.1 Å². The van der Waals surface area contributed by atoms with Gasteiger partial charge in [-0.25, -0.2) is 0 Å². The molecule has 1 aromatic carbocycles. The van der Waals surface area contributed by atoms with Gasteiger partial charge in [0.1, 0.15) is 0 Å². The summed E-state index contributed by atoms with van der Waals surface area (Å²) < 4.78 is 0. The predicted molar refractivity (Wildman–Crippen MR) is 79.0 cm³/mol. The number of hydrogen-bond donors (Lipinski definition) is 0. The van der Waals surface area contributed by atoms with E-state index in [1.54, 1.807) is 0 Å². The Hall–Kier alpha value is -1.82. The number of nitrogens with zero attached hydrogens (tertiary/aromatic N) is 2. The summed E-state index contributed by atoms with van der Waals surface area (Å²) in [6, 6.07) is 10.6. The molecular formula is C17H22N2O.